The van der Waals surface area contributed by atoms with Crippen LogP contribution in [0.5, 0.6) is 0 Å². The lowest BCUT2D eigenvalue weighted by molar-refractivity contribution is 0.362. The Hall–Kier alpha value is -0.440. The third-order valence-corrected chi connectivity index (χ3v) is 2.48. The van der Waals surface area contributed by atoms with Gasteiger partial charge >= 0.3 is 0 Å². The van der Waals surface area contributed by atoms with Gasteiger partial charge in [-0.1, -0.05) is 13.8 Å². The number of hydrogen-bond acceptors (Lipinski definition) is 0. The maximum Gasteiger partial charge on any atom is 0.0115 e. The lowest BCUT2D eigenvalue weighted by Gasteiger charge is -2.15. The van der Waals surface area contributed by atoms with Crippen molar-refractivity contribution in [2.75, 3.05) is 0 Å². The van der Waals surface area contributed by atoms with E-state index in [1.807, 2.05) is 0 Å². The second kappa shape index (κ2) is 2.66. The summed E-state index contributed by atoms with van der Waals surface area (Å²) in [5.41, 5.74) is 0.571. The fraction of sp³-hybridized carbons (Fsp3) is 0.800. The van der Waals surface area contributed by atoms with Gasteiger partial charge in [0.2, 0.25) is 0 Å². The molecule has 0 heterocycles. The molecule has 1 aliphatic carbocycles. The molecular formula is C10H16. The molecule has 10 heavy (non-hydrogen) atoms. The van der Waals surface area contributed by atoms with E-state index < -0.39 is 0 Å². The van der Waals surface area contributed by atoms with Gasteiger partial charge in [0.1, 0.15) is 0 Å². The summed E-state index contributed by atoms with van der Waals surface area (Å²) >= 11 is 0. The van der Waals surface area contributed by atoms with Crippen molar-refractivity contribution in [3.05, 3.63) is 0 Å². The minimum atomic E-state index is 0.571. The maximum absolute atomic E-state index is 5.25. The molecule has 0 N–H and O–H groups in total. The highest BCUT2D eigenvalue weighted by atomic mass is 14.3. The van der Waals surface area contributed by atoms with Crippen molar-refractivity contribution >= 4 is 0 Å². The molecule has 0 amide bonds. The molecule has 0 aliphatic heterocycles. The predicted octanol–water partition coefficient (Wildman–Crippen LogP) is 2.84. The minimum absolute atomic E-state index is 0.571. The molecule has 1 fully saturated rings. The SMILES string of the molecule is C#CCC1CCC(C)(C)C1. The van der Waals surface area contributed by atoms with Gasteiger partial charge in [-0.2, -0.15) is 0 Å². The van der Waals surface area contributed by atoms with Crippen LogP contribution >= 0.6 is 0 Å². The molecule has 1 rings (SSSR count). The van der Waals surface area contributed by atoms with E-state index in [0.717, 1.165) is 12.3 Å². The third kappa shape index (κ3) is 1.77. The van der Waals surface area contributed by atoms with E-state index in [4.69, 9.17) is 6.42 Å². The van der Waals surface area contributed by atoms with Crippen LogP contribution < -0.4 is 0 Å². The van der Waals surface area contributed by atoms with E-state index >= 15 is 0 Å². The van der Waals surface area contributed by atoms with E-state index in [0.29, 0.717) is 5.41 Å². The highest BCUT2D eigenvalue weighted by molar-refractivity contribution is 4.92. The van der Waals surface area contributed by atoms with Crippen LogP contribution in [-0.4, -0.2) is 0 Å². The summed E-state index contributed by atoms with van der Waals surface area (Å²) in [6.45, 7) is 4.67. The Kier molecular flexibility index (Phi) is 2.04. The monoisotopic (exact) mass is 136 g/mol. The van der Waals surface area contributed by atoms with Gasteiger partial charge in [-0.25, -0.2) is 0 Å². The van der Waals surface area contributed by atoms with Gasteiger partial charge in [-0.15, -0.1) is 12.3 Å². The standard InChI is InChI=1S/C10H16/c1-4-5-9-6-7-10(2,3)8-9/h1,9H,5-8H2,2-3H3. The molecule has 1 atom stereocenters. The summed E-state index contributed by atoms with van der Waals surface area (Å²) in [7, 11) is 0. The van der Waals surface area contributed by atoms with E-state index in [-0.39, 0.29) is 0 Å². The molecule has 1 aliphatic rings. The van der Waals surface area contributed by atoms with Crippen LogP contribution in [0.25, 0.3) is 0 Å². The van der Waals surface area contributed by atoms with Gasteiger partial charge in [0, 0.05) is 6.42 Å². The molecule has 0 aromatic heterocycles. The summed E-state index contributed by atoms with van der Waals surface area (Å²) < 4.78 is 0. The van der Waals surface area contributed by atoms with Crippen molar-refractivity contribution in [2.45, 2.75) is 39.5 Å². The smallest absolute Gasteiger partial charge is 0.0115 e. The Balaban J connectivity index is 2.38. The first-order valence-electron chi connectivity index (χ1n) is 4.07. The van der Waals surface area contributed by atoms with Gasteiger partial charge in [0.15, 0.2) is 0 Å². The highest BCUT2D eigenvalue weighted by Crippen LogP contribution is 2.41. The number of hydrogen-bond donors (Lipinski definition) is 0. The first-order chi connectivity index (χ1) is 4.64. The third-order valence-electron chi connectivity index (χ3n) is 2.48. The van der Waals surface area contributed by atoms with Gasteiger partial charge in [0.25, 0.3) is 0 Å². The molecule has 0 nitrogen and oxygen atoms in total. The Morgan fingerprint density at radius 1 is 1.60 bits per heavy atom. The van der Waals surface area contributed by atoms with Crippen LogP contribution in [0.2, 0.25) is 0 Å². The molecule has 1 saturated carbocycles. The normalized spacial score (nSPS) is 29.9. The average Bonchev–Trinajstić information content (AvgIpc) is 2.12. The second-order valence-electron chi connectivity index (χ2n) is 4.18. The van der Waals surface area contributed by atoms with Crippen molar-refractivity contribution in [3.63, 3.8) is 0 Å². The Morgan fingerprint density at radius 3 is 2.70 bits per heavy atom. The van der Waals surface area contributed by atoms with Crippen molar-refractivity contribution in [1.82, 2.24) is 0 Å². The topological polar surface area (TPSA) is 0 Å². The van der Waals surface area contributed by atoms with Gasteiger partial charge in [-0.3, -0.25) is 0 Å². The molecule has 0 bridgehead atoms. The fourth-order valence-electron chi connectivity index (χ4n) is 1.92. The van der Waals surface area contributed by atoms with Crippen molar-refractivity contribution in [2.24, 2.45) is 11.3 Å². The number of terminal acetylenes is 1. The van der Waals surface area contributed by atoms with E-state index in [2.05, 4.69) is 19.8 Å². The van der Waals surface area contributed by atoms with Crippen LogP contribution in [0.1, 0.15) is 39.5 Å². The lowest BCUT2D eigenvalue weighted by atomic mass is 9.90. The molecule has 0 saturated heterocycles. The molecular weight excluding hydrogens is 120 g/mol. The molecule has 1 unspecified atom stereocenters. The zero-order valence-corrected chi connectivity index (χ0v) is 6.98. The molecule has 0 radical (unpaired) electrons. The molecule has 0 heteroatoms. The summed E-state index contributed by atoms with van der Waals surface area (Å²) in [5, 5.41) is 0. The molecule has 56 valence electrons. The largest absolute Gasteiger partial charge is 0.120 e. The Labute approximate surface area is 64.0 Å². The number of rotatable bonds is 1. The average molecular weight is 136 g/mol. The predicted molar refractivity (Wildman–Crippen MR) is 44.6 cm³/mol. The summed E-state index contributed by atoms with van der Waals surface area (Å²) in [6, 6.07) is 0. The van der Waals surface area contributed by atoms with Crippen LogP contribution in [0.3, 0.4) is 0 Å². The summed E-state index contributed by atoms with van der Waals surface area (Å²) in [6.07, 6.45) is 10.3. The zero-order valence-electron chi connectivity index (χ0n) is 6.98. The van der Waals surface area contributed by atoms with Crippen molar-refractivity contribution < 1.29 is 0 Å². The first kappa shape index (κ1) is 7.66. The maximum atomic E-state index is 5.25. The first-order valence-corrected chi connectivity index (χ1v) is 4.07. The second-order valence-corrected chi connectivity index (χ2v) is 4.18. The Bertz CT molecular complexity index is 148. The van der Waals surface area contributed by atoms with Crippen LogP contribution in [0.4, 0.5) is 0 Å². The van der Waals surface area contributed by atoms with Crippen LogP contribution in [-0.2, 0) is 0 Å². The van der Waals surface area contributed by atoms with Gasteiger partial charge in [0.05, 0.1) is 0 Å². The minimum Gasteiger partial charge on any atom is -0.120 e. The fourth-order valence-corrected chi connectivity index (χ4v) is 1.92. The van der Waals surface area contributed by atoms with E-state index in [9.17, 15) is 0 Å². The molecule has 0 spiro atoms. The highest BCUT2D eigenvalue weighted by Gasteiger charge is 2.29. The molecule has 0 aromatic carbocycles. The molecule has 0 aromatic rings. The Morgan fingerprint density at radius 2 is 2.30 bits per heavy atom. The van der Waals surface area contributed by atoms with E-state index in [1.54, 1.807) is 0 Å². The van der Waals surface area contributed by atoms with Crippen LogP contribution in [0.15, 0.2) is 0 Å². The quantitative estimate of drug-likeness (QED) is 0.486. The summed E-state index contributed by atoms with van der Waals surface area (Å²) in [4.78, 5) is 0. The van der Waals surface area contributed by atoms with Gasteiger partial charge < -0.3 is 0 Å². The van der Waals surface area contributed by atoms with Gasteiger partial charge in [-0.05, 0) is 30.6 Å². The van der Waals surface area contributed by atoms with E-state index in [1.165, 1.54) is 19.3 Å². The zero-order chi connectivity index (χ0) is 7.61. The lowest BCUT2D eigenvalue weighted by Crippen LogP contribution is -2.04. The van der Waals surface area contributed by atoms with Crippen molar-refractivity contribution in [3.8, 4) is 12.3 Å². The summed E-state index contributed by atoms with van der Waals surface area (Å²) in [5.74, 6) is 3.57. The van der Waals surface area contributed by atoms with Crippen LogP contribution in [0, 0.1) is 23.7 Å². The van der Waals surface area contributed by atoms with Crippen molar-refractivity contribution in [1.29, 1.82) is 0 Å².